The summed E-state index contributed by atoms with van der Waals surface area (Å²) in [7, 11) is 0. The predicted molar refractivity (Wildman–Crippen MR) is 91.7 cm³/mol. The minimum atomic E-state index is 0.420. The van der Waals surface area contributed by atoms with Crippen LogP contribution in [0.5, 0.6) is 0 Å². The van der Waals surface area contributed by atoms with Crippen LogP contribution in [0.15, 0.2) is 36.9 Å². The molecule has 7 heteroatoms. The normalized spacial score (nSPS) is 15.9. The summed E-state index contributed by atoms with van der Waals surface area (Å²) in [5, 5.41) is 8.48. The number of aromatic nitrogens is 6. The van der Waals surface area contributed by atoms with Gasteiger partial charge in [-0.05, 0) is 24.3 Å². The first-order valence-corrected chi connectivity index (χ1v) is 8.09. The van der Waals surface area contributed by atoms with E-state index in [1.54, 1.807) is 10.7 Å². The molecule has 1 aliphatic rings. The lowest BCUT2D eigenvalue weighted by Crippen LogP contribution is -2.13. The summed E-state index contributed by atoms with van der Waals surface area (Å²) >= 11 is 0. The van der Waals surface area contributed by atoms with Crippen LogP contribution in [0.1, 0.15) is 19.8 Å². The Morgan fingerprint density at radius 3 is 3.08 bits per heavy atom. The molecule has 7 nitrogen and oxygen atoms in total. The van der Waals surface area contributed by atoms with Gasteiger partial charge in [-0.3, -0.25) is 0 Å². The van der Waals surface area contributed by atoms with Crippen molar-refractivity contribution in [3.63, 3.8) is 0 Å². The molecule has 4 heterocycles. The Morgan fingerprint density at radius 1 is 1.29 bits per heavy atom. The number of hydrogen-bond donors (Lipinski definition) is 2. The third kappa shape index (κ3) is 2.20. The fraction of sp³-hybridized carbons (Fsp3) is 0.294. The van der Waals surface area contributed by atoms with Gasteiger partial charge in [0, 0.05) is 42.2 Å². The van der Waals surface area contributed by atoms with Gasteiger partial charge in [-0.1, -0.05) is 6.92 Å². The van der Waals surface area contributed by atoms with E-state index in [0.29, 0.717) is 11.4 Å². The number of nitrogens with zero attached hydrogens (tertiary/aromatic N) is 5. The predicted octanol–water partition coefficient (Wildman–Crippen LogP) is 2.88. The molecule has 0 spiro atoms. The van der Waals surface area contributed by atoms with Crippen LogP contribution in [-0.4, -0.2) is 36.1 Å². The van der Waals surface area contributed by atoms with Crippen molar-refractivity contribution in [3.8, 4) is 11.3 Å². The van der Waals surface area contributed by atoms with Crippen molar-refractivity contribution >= 4 is 22.6 Å². The average Bonchev–Trinajstić information content (AvgIpc) is 3.02. The van der Waals surface area contributed by atoms with Crippen molar-refractivity contribution < 1.29 is 0 Å². The van der Waals surface area contributed by atoms with Gasteiger partial charge in [0.25, 0.3) is 0 Å². The summed E-state index contributed by atoms with van der Waals surface area (Å²) in [6.07, 6.45) is 9.98. The number of nitrogens with one attached hydrogen (secondary N) is 2. The van der Waals surface area contributed by atoms with Gasteiger partial charge in [0.15, 0.2) is 5.65 Å². The molecule has 0 aliphatic heterocycles. The minimum absolute atomic E-state index is 0.420. The van der Waals surface area contributed by atoms with E-state index in [1.807, 2.05) is 30.7 Å². The molecule has 0 saturated heterocycles. The van der Waals surface area contributed by atoms with Crippen LogP contribution in [0, 0.1) is 5.41 Å². The Labute approximate surface area is 138 Å². The van der Waals surface area contributed by atoms with Crippen LogP contribution in [0.3, 0.4) is 0 Å². The number of H-pyrrole nitrogens is 1. The molecule has 0 radical (unpaired) electrons. The van der Waals surface area contributed by atoms with Gasteiger partial charge in [-0.15, -0.1) is 0 Å². The molecule has 120 valence electrons. The lowest BCUT2D eigenvalue weighted by molar-refractivity contribution is 0.608. The van der Waals surface area contributed by atoms with Crippen molar-refractivity contribution in [3.05, 3.63) is 36.9 Å². The summed E-state index contributed by atoms with van der Waals surface area (Å²) in [6.45, 7) is 3.20. The summed E-state index contributed by atoms with van der Waals surface area (Å²) in [4.78, 5) is 16.9. The van der Waals surface area contributed by atoms with E-state index in [1.165, 1.54) is 12.8 Å². The van der Waals surface area contributed by atoms with Gasteiger partial charge in [-0.25, -0.2) is 14.5 Å². The average molecular weight is 319 g/mol. The fourth-order valence-corrected chi connectivity index (χ4v) is 2.85. The maximum absolute atomic E-state index is 4.64. The molecule has 5 rings (SSSR count). The van der Waals surface area contributed by atoms with Crippen LogP contribution in [-0.2, 0) is 0 Å². The van der Waals surface area contributed by atoms with E-state index in [0.717, 1.165) is 34.5 Å². The highest BCUT2D eigenvalue weighted by Crippen LogP contribution is 2.44. The van der Waals surface area contributed by atoms with Gasteiger partial charge in [-0.2, -0.15) is 10.1 Å². The van der Waals surface area contributed by atoms with Crippen molar-refractivity contribution in [2.45, 2.75) is 19.8 Å². The smallest absolute Gasteiger partial charge is 0.224 e. The molecule has 4 aromatic rings. The molecule has 0 unspecified atom stereocenters. The largest absolute Gasteiger partial charge is 0.354 e. The first-order valence-electron chi connectivity index (χ1n) is 8.09. The molecule has 1 aliphatic carbocycles. The second-order valence-electron chi connectivity index (χ2n) is 6.77. The Morgan fingerprint density at radius 2 is 2.21 bits per heavy atom. The highest BCUT2D eigenvalue weighted by Gasteiger charge is 2.36. The third-order valence-corrected chi connectivity index (χ3v) is 4.74. The monoisotopic (exact) mass is 319 g/mol. The highest BCUT2D eigenvalue weighted by atomic mass is 15.2. The molecule has 0 bridgehead atoms. The SMILES string of the molecule is CC1(CNc2ncc3c(-c4ccn5nccc5n4)c[nH]c3n2)CC1. The zero-order valence-corrected chi connectivity index (χ0v) is 13.3. The summed E-state index contributed by atoms with van der Waals surface area (Å²) in [6, 6.07) is 3.83. The maximum Gasteiger partial charge on any atom is 0.224 e. The zero-order chi connectivity index (χ0) is 16.1. The van der Waals surface area contributed by atoms with E-state index >= 15 is 0 Å². The van der Waals surface area contributed by atoms with E-state index in [2.05, 4.69) is 37.3 Å². The fourth-order valence-electron chi connectivity index (χ4n) is 2.85. The molecule has 2 N–H and O–H groups in total. The molecular formula is C17H17N7. The minimum Gasteiger partial charge on any atom is -0.354 e. The van der Waals surface area contributed by atoms with Gasteiger partial charge in [0.05, 0.1) is 11.9 Å². The molecule has 0 atom stereocenters. The van der Waals surface area contributed by atoms with Crippen LogP contribution in [0.25, 0.3) is 27.9 Å². The Hall–Kier alpha value is -2.96. The number of hydrogen-bond acceptors (Lipinski definition) is 5. The molecule has 1 saturated carbocycles. The highest BCUT2D eigenvalue weighted by molar-refractivity contribution is 5.92. The molecular weight excluding hydrogens is 302 g/mol. The van der Waals surface area contributed by atoms with Crippen molar-refractivity contribution in [1.82, 2.24) is 29.5 Å². The first kappa shape index (κ1) is 13.5. The van der Waals surface area contributed by atoms with Crippen LogP contribution in [0.4, 0.5) is 5.95 Å². The molecule has 0 aromatic carbocycles. The van der Waals surface area contributed by atoms with E-state index in [4.69, 9.17) is 0 Å². The van der Waals surface area contributed by atoms with Gasteiger partial charge < -0.3 is 10.3 Å². The Kier molecular flexibility index (Phi) is 2.68. The lowest BCUT2D eigenvalue weighted by Gasteiger charge is -2.09. The molecule has 24 heavy (non-hydrogen) atoms. The zero-order valence-electron chi connectivity index (χ0n) is 13.3. The van der Waals surface area contributed by atoms with Crippen LogP contribution >= 0.6 is 0 Å². The summed E-state index contributed by atoms with van der Waals surface area (Å²) in [5.74, 6) is 0.670. The third-order valence-electron chi connectivity index (χ3n) is 4.74. The van der Waals surface area contributed by atoms with Gasteiger partial charge in [0.1, 0.15) is 5.65 Å². The molecule has 1 fully saturated rings. The lowest BCUT2D eigenvalue weighted by atomic mass is 10.1. The van der Waals surface area contributed by atoms with E-state index in [-0.39, 0.29) is 0 Å². The van der Waals surface area contributed by atoms with Gasteiger partial charge >= 0.3 is 0 Å². The van der Waals surface area contributed by atoms with Gasteiger partial charge in [0.2, 0.25) is 5.95 Å². The summed E-state index contributed by atoms with van der Waals surface area (Å²) < 4.78 is 1.75. The number of rotatable bonds is 4. The van der Waals surface area contributed by atoms with E-state index < -0.39 is 0 Å². The number of aromatic amines is 1. The standard InChI is InChI=1S/C17H17N7/c1-17(4-5-17)10-20-16-19-9-12-11(8-18-15(12)23-16)13-3-7-24-14(22-13)2-6-21-24/h2-3,6-9H,4-5,10H2,1H3,(H2,18,19,20,23). The number of anilines is 1. The van der Waals surface area contributed by atoms with Crippen molar-refractivity contribution in [2.24, 2.45) is 5.41 Å². The topological polar surface area (TPSA) is 83.8 Å². The van der Waals surface area contributed by atoms with Crippen molar-refractivity contribution in [1.29, 1.82) is 0 Å². The van der Waals surface area contributed by atoms with E-state index in [9.17, 15) is 0 Å². The second kappa shape index (κ2) is 4.77. The molecule has 0 amide bonds. The Bertz CT molecular complexity index is 1040. The summed E-state index contributed by atoms with van der Waals surface area (Å²) in [5.41, 5.74) is 3.93. The van der Waals surface area contributed by atoms with Crippen molar-refractivity contribution in [2.75, 3.05) is 11.9 Å². The van der Waals surface area contributed by atoms with Crippen LogP contribution < -0.4 is 5.32 Å². The van der Waals surface area contributed by atoms with Crippen LogP contribution in [0.2, 0.25) is 0 Å². The second-order valence-corrected chi connectivity index (χ2v) is 6.77. The Balaban J connectivity index is 1.50. The maximum atomic E-state index is 4.64. The number of fused-ring (bicyclic) bond motifs is 2. The quantitative estimate of drug-likeness (QED) is 0.604. The first-order chi connectivity index (χ1) is 11.7. The molecule has 4 aromatic heterocycles.